The number of aryl methyl sites for hydroxylation is 2. The molecule has 182 valence electrons. The van der Waals surface area contributed by atoms with Crippen molar-refractivity contribution in [3.8, 4) is 0 Å². The molecule has 0 unspecified atom stereocenters. The van der Waals surface area contributed by atoms with E-state index < -0.39 is 11.7 Å². The molecule has 0 saturated heterocycles. The molecule has 0 spiro atoms. The van der Waals surface area contributed by atoms with Gasteiger partial charge in [0.05, 0.1) is 29.5 Å². The molecule has 0 radical (unpaired) electrons. The van der Waals surface area contributed by atoms with E-state index in [0.717, 1.165) is 43.4 Å². The smallest absolute Gasteiger partial charge is 0.276 e. The molecule has 0 bridgehead atoms. The van der Waals surface area contributed by atoms with Crippen LogP contribution >= 0.6 is 0 Å². The van der Waals surface area contributed by atoms with Gasteiger partial charge in [0.15, 0.2) is 17.2 Å². The Hall–Kier alpha value is -4.06. The van der Waals surface area contributed by atoms with E-state index in [9.17, 15) is 9.18 Å². The minimum absolute atomic E-state index is 0.0245. The first kappa shape index (κ1) is 22.7. The van der Waals surface area contributed by atoms with Crippen LogP contribution in [0.5, 0.6) is 0 Å². The molecule has 1 saturated carbocycles. The maximum absolute atomic E-state index is 14.1. The number of hydrogen-bond donors (Lipinski definition) is 4. The summed E-state index contributed by atoms with van der Waals surface area (Å²) >= 11 is 0. The Labute approximate surface area is 200 Å². The molecule has 1 aliphatic rings. The van der Waals surface area contributed by atoms with Gasteiger partial charge in [0.1, 0.15) is 11.6 Å². The number of carbonyl (C=O) groups is 1. The van der Waals surface area contributed by atoms with Gasteiger partial charge in [0.2, 0.25) is 0 Å². The van der Waals surface area contributed by atoms with Crippen LogP contribution < -0.4 is 21.7 Å². The molecule has 35 heavy (non-hydrogen) atoms. The van der Waals surface area contributed by atoms with Crippen molar-refractivity contribution in [1.29, 1.82) is 0 Å². The van der Waals surface area contributed by atoms with Crippen molar-refractivity contribution in [3.63, 3.8) is 0 Å². The second kappa shape index (κ2) is 9.29. The average molecular weight is 479 g/mol. The quantitative estimate of drug-likeness (QED) is 0.332. The number of nitrogens with two attached hydrogens (primary N) is 1. The van der Waals surface area contributed by atoms with Crippen LogP contribution in [0.2, 0.25) is 0 Å². The van der Waals surface area contributed by atoms with Crippen LogP contribution in [0.3, 0.4) is 0 Å². The van der Waals surface area contributed by atoms with Crippen LogP contribution in [0.1, 0.15) is 41.9 Å². The molecule has 5 N–H and O–H groups in total. The first-order valence-corrected chi connectivity index (χ1v) is 11.5. The first-order valence-electron chi connectivity index (χ1n) is 11.5. The number of nitrogens with zero attached hydrogens (tertiary/aromatic N) is 6. The molecule has 11 nitrogen and oxygen atoms in total. The molecule has 0 aliphatic heterocycles. The van der Waals surface area contributed by atoms with E-state index >= 15 is 0 Å². The highest BCUT2D eigenvalue weighted by molar-refractivity contribution is 6.03. The van der Waals surface area contributed by atoms with E-state index in [1.165, 1.54) is 23.0 Å². The monoisotopic (exact) mass is 478 g/mol. The Morgan fingerprint density at radius 2 is 1.94 bits per heavy atom. The van der Waals surface area contributed by atoms with Gasteiger partial charge in [-0.15, -0.1) is 5.10 Å². The van der Waals surface area contributed by atoms with E-state index in [4.69, 9.17) is 5.73 Å². The molecular formula is C23H27FN10O. The lowest BCUT2D eigenvalue weighted by molar-refractivity contribution is 0.102. The van der Waals surface area contributed by atoms with Crippen LogP contribution in [0.4, 0.5) is 27.4 Å². The van der Waals surface area contributed by atoms with E-state index in [-0.39, 0.29) is 23.5 Å². The number of amides is 1. The summed E-state index contributed by atoms with van der Waals surface area (Å²) in [7, 11) is 1.84. The summed E-state index contributed by atoms with van der Waals surface area (Å²) in [4.78, 5) is 21.2. The molecular weight excluding hydrogens is 451 g/mol. The summed E-state index contributed by atoms with van der Waals surface area (Å²) in [6.07, 6.45) is 7.61. The third kappa shape index (κ3) is 4.78. The van der Waals surface area contributed by atoms with Gasteiger partial charge in [-0.05, 0) is 38.7 Å². The molecule has 1 amide bonds. The highest BCUT2D eigenvalue weighted by Crippen LogP contribution is 2.27. The van der Waals surface area contributed by atoms with Gasteiger partial charge >= 0.3 is 0 Å². The second-order valence-corrected chi connectivity index (χ2v) is 8.81. The van der Waals surface area contributed by atoms with Crippen LogP contribution in [0.15, 0.2) is 36.8 Å². The highest BCUT2D eigenvalue weighted by atomic mass is 19.1. The summed E-state index contributed by atoms with van der Waals surface area (Å²) in [6.45, 7) is 1.91. The summed E-state index contributed by atoms with van der Waals surface area (Å²) in [5.41, 5.74) is 8.19. The van der Waals surface area contributed by atoms with Crippen molar-refractivity contribution >= 4 is 34.6 Å². The fourth-order valence-corrected chi connectivity index (χ4v) is 4.29. The number of imidazole rings is 1. The number of fused-ring (bicyclic) bond motifs is 1. The summed E-state index contributed by atoms with van der Waals surface area (Å²) < 4.78 is 17.2. The van der Waals surface area contributed by atoms with Crippen molar-refractivity contribution in [2.24, 2.45) is 12.8 Å². The van der Waals surface area contributed by atoms with Crippen molar-refractivity contribution in [2.45, 2.75) is 44.7 Å². The third-order valence-corrected chi connectivity index (χ3v) is 6.11. The molecule has 4 aromatic heterocycles. The number of pyridine rings is 1. The molecule has 5 rings (SSSR count). The molecule has 0 aromatic carbocycles. The van der Waals surface area contributed by atoms with E-state index in [0.29, 0.717) is 17.2 Å². The van der Waals surface area contributed by atoms with Gasteiger partial charge in [-0.1, -0.05) is 0 Å². The zero-order valence-corrected chi connectivity index (χ0v) is 19.5. The highest BCUT2D eigenvalue weighted by Gasteiger charge is 2.22. The Balaban J connectivity index is 1.51. The average Bonchev–Trinajstić information content (AvgIpc) is 3.39. The Bertz CT molecular complexity index is 1370. The second-order valence-electron chi connectivity index (χ2n) is 8.81. The lowest BCUT2D eigenvalue weighted by Crippen LogP contribution is -2.33. The van der Waals surface area contributed by atoms with Crippen LogP contribution in [0, 0.1) is 12.7 Å². The summed E-state index contributed by atoms with van der Waals surface area (Å²) in [5, 5.41) is 18.4. The van der Waals surface area contributed by atoms with E-state index in [1.54, 1.807) is 4.68 Å². The van der Waals surface area contributed by atoms with Gasteiger partial charge < -0.3 is 21.7 Å². The molecule has 1 fully saturated rings. The number of rotatable bonds is 6. The van der Waals surface area contributed by atoms with Crippen LogP contribution in [-0.4, -0.2) is 47.4 Å². The summed E-state index contributed by atoms with van der Waals surface area (Å²) in [5.74, 6) is 0.173. The molecule has 12 heteroatoms. The largest absolute Gasteiger partial charge is 0.366 e. The van der Waals surface area contributed by atoms with Crippen molar-refractivity contribution in [1.82, 2.24) is 29.4 Å². The van der Waals surface area contributed by atoms with E-state index in [1.807, 2.05) is 26.1 Å². The van der Waals surface area contributed by atoms with Crippen molar-refractivity contribution in [2.75, 3.05) is 16.0 Å². The predicted octanol–water partition coefficient (Wildman–Crippen LogP) is 2.98. The van der Waals surface area contributed by atoms with Gasteiger partial charge in [0, 0.05) is 37.5 Å². The van der Waals surface area contributed by atoms with Crippen LogP contribution in [0.25, 0.3) is 5.65 Å². The maximum atomic E-state index is 14.1. The lowest BCUT2D eigenvalue weighted by Gasteiger charge is -2.27. The maximum Gasteiger partial charge on any atom is 0.276 e. The van der Waals surface area contributed by atoms with Gasteiger partial charge in [-0.3, -0.25) is 14.5 Å². The Kier molecular flexibility index (Phi) is 6.03. The zero-order valence-electron chi connectivity index (χ0n) is 19.5. The molecule has 0 atom stereocenters. The van der Waals surface area contributed by atoms with Gasteiger partial charge in [0.25, 0.3) is 5.91 Å². The number of halogens is 1. The Morgan fingerprint density at radius 1 is 1.14 bits per heavy atom. The van der Waals surface area contributed by atoms with Crippen molar-refractivity contribution < 1.29 is 9.18 Å². The molecule has 1 aliphatic carbocycles. The van der Waals surface area contributed by atoms with Crippen LogP contribution in [-0.2, 0) is 7.05 Å². The first-order chi connectivity index (χ1) is 16.9. The summed E-state index contributed by atoms with van der Waals surface area (Å²) in [6, 6.07) is 5.62. The number of carbonyl (C=O) groups excluding carboxylic acids is 1. The minimum Gasteiger partial charge on any atom is -0.366 e. The third-order valence-electron chi connectivity index (χ3n) is 6.11. The lowest BCUT2D eigenvalue weighted by atomic mass is 9.92. The SMILES string of the molecule is Cc1cc(Nc2cc(NC3CCC(N)CC3)nn3c(C(=O)Nc4ccncc4F)cnc23)n(C)n1. The van der Waals surface area contributed by atoms with Crippen molar-refractivity contribution in [3.05, 3.63) is 54.0 Å². The fraction of sp³-hybridized carbons (Fsp3) is 0.348. The zero-order chi connectivity index (χ0) is 24.5. The minimum atomic E-state index is -0.630. The number of hydrogen-bond acceptors (Lipinski definition) is 8. The normalized spacial score (nSPS) is 17.9. The standard InChI is InChI=1S/C23H27FN10O/c1-13-9-21(33(2)31-13)29-18-10-20(28-15-5-3-14(25)4-6-15)32-34-19(12-27-22(18)34)23(35)30-17-7-8-26-11-16(17)24/h7-12,14-15,29H,3-6,25H2,1-2H3,(H,28,32)(H,26,30,35). The number of aromatic nitrogens is 6. The number of anilines is 4. The molecule has 4 aromatic rings. The van der Waals surface area contributed by atoms with E-state index in [2.05, 4.69) is 36.1 Å². The number of nitrogens with one attached hydrogen (secondary N) is 3. The molecule has 4 heterocycles. The fourth-order valence-electron chi connectivity index (χ4n) is 4.29. The predicted molar refractivity (Wildman–Crippen MR) is 130 cm³/mol. The van der Waals surface area contributed by atoms with Gasteiger partial charge in [-0.2, -0.15) is 5.10 Å². The Morgan fingerprint density at radius 3 is 2.66 bits per heavy atom. The van der Waals surface area contributed by atoms with Gasteiger partial charge in [-0.25, -0.2) is 13.9 Å². The topological polar surface area (TPSA) is 140 Å².